The van der Waals surface area contributed by atoms with Gasteiger partial charge in [-0.15, -0.1) is 0 Å². The number of thiocarbonyl (C=S) groups is 1. The first kappa shape index (κ1) is 11.8. The summed E-state index contributed by atoms with van der Waals surface area (Å²) in [5.41, 5.74) is 5.45. The van der Waals surface area contributed by atoms with Crippen LogP contribution in [0.1, 0.15) is 32.1 Å². The smallest absolute Gasteiger partial charge is 0.225 e. The van der Waals surface area contributed by atoms with Crippen LogP contribution in [-0.4, -0.2) is 29.4 Å². The predicted octanol–water partition coefficient (Wildman–Crippen LogP) is 1.56. The zero-order chi connectivity index (χ0) is 11.7. The van der Waals surface area contributed by atoms with E-state index >= 15 is 0 Å². The van der Waals surface area contributed by atoms with Crippen LogP contribution < -0.4 is 5.73 Å². The Balaban J connectivity index is 1.85. The van der Waals surface area contributed by atoms with Crippen molar-refractivity contribution in [3.05, 3.63) is 0 Å². The van der Waals surface area contributed by atoms with Gasteiger partial charge in [-0.3, -0.25) is 4.79 Å². The second kappa shape index (κ2) is 4.70. The molecule has 0 spiro atoms. The van der Waals surface area contributed by atoms with E-state index in [2.05, 4.69) is 0 Å². The molecule has 2 bridgehead atoms. The van der Waals surface area contributed by atoms with Gasteiger partial charge in [0.2, 0.25) is 5.91 Å². The molecule has 3 atom stereocenters. The van der Waals surface area contributed by atoms with Gasteiger partial charge >= 0.3 is 0 Å². The molecule has 0 aliphatic heterocycles. The summed E-state index contributed by atoms with van der Waals surface area (Å²) in [7, 11) is 1.87. The van der Waals surface area contributed by atoms with E-state index in [1.165, 1.54) is 19.3 Å². The zero-order valence-corrected chi connectivity index (χ0v) is 10.6. The maximum absolute atomic E-state index is 12.2. The minimum atomic E-state index is 0.287. The van der Waals surface area contributed by atoms with Crippen LogP contribution in [0.2, 0.25) is 0 Å². The Hall–Kier alpha value is -0.640. The van der Waals surface area contributed by atoms with Crippen molar-refractivity contribution in [2.45, 2.75) is 32.1 Å². The molecule has 0 radical (unpaired) electrons. The maximum atomic E-state index is 12.2. The number of hydrogen-bond acceptors (Lipinski definition) is 2. The van der Waals surface area contributed by atoms with E-state index < -0.39 is 0 Å². The average Bonchev–Trinajstić information content (AvgIpc) is 2.86. The van der Waals surface area contributed by atoms with Crippen molar-refractivity contribution in [3.8, 4) is 0 Å². The molecule has 2 N–H and O–H groups in total. The van der Waals surface area contributed by atoms with Crippen LogP contribution in [0.3, 0.4) is 0 Å². The zero-order valence-electron chi connectivity index (χ0n) is 9.82. The minimum absolute atomic E-state index is 0.287. The molecule has 16 heavy (non-hydrogen) atoms. The molecule has 0 aromatic heterocycles. The molecule has 0 heterocycles. The Morgan fingerprint density at radius 3 is 2.69 bits per heavy atom. The second-order valence-corrected chi connectivity index (χ2v) is 5.78. The van der Waals surface area contributed by atoms with Gasteiger partial charge in [-0.25, -0.2) is 0 Å². The van der Waals surface area contributed by atoms with Crippen LogP contribution in [0, 0.1) is 17.8 Å². The molecule has 2 aliphatic rings. The number of rotatable bonds is 4. The molecule has 2 saturated carbocycles. The molecule has 0 saturated heterocycles. The van der Waals surface area contributed by atoms with E-state index in [4.69, 9.17) is 18.0 Å². The molecule has 3 nitrogen and oxygen atoms in total. The van der Waals surface area contributed by atoms with Gasteiger partial charge in [0.15, 0.2) is 0 Å². The van der Waals surface area contributed by atoms with Crippen molar-refractivity contribution in [1.82, 2.24) is 4.90 Å². The van der Waals surface area contributed by atoms with Gasteiger partial charge in [0.1, 0.15) is 0 Å². The van der Waals surface area contributed by atoms with Crippen molar-refractivity contribution in [1.29, 1.82) is 0 Å². The quantitative estimate of drug-likeness (QED) is 0.759. The molecule has 4 heteroatoms. The fraction of sp³-hybridized carbons (Fsp3) is 0.833. The van der Waals surface area contributed by atoms with Gasteiger partial charge in [-0.2, -0.15) is 0 Å². The summed E-state index contributed by atoms with van der Waals surface area (Å²) < 4.78 is 0. The molecule has 2 fully saturated rings. The average molecular weight is 240 g/mol. The lowest BCUT2D eigenvalue weighted by molar-refractivity contribution is -0.135. The summed E-state index contributed by atoms with van der Waals surface area (Å²) in [6.45, 7) is 0.669. The van der Waals surface area contributed by atoms with Gasteiger partial charge in [-0.1, -0.05) is 18.6 Å². The lowest BCUT2D eigenvalue weighted by Crippen LogP contribution is -2.37. The summed E-state index contributed by atoms with van der Waals surface area (Å²) in [5, 5.41) is 0. The first-order valence-corrected chi connectivity index (χ1v) is 6.52. The monoisotopic (exact) mass is 240 g/mol. The summed E-state index contributed by atoms with van der Waals surface area (Å²) in [5.74, 6) is 2.08. The van der Waals surface area contributed by atoms with E-state index in [1.54, 1.807) is 0 Å². The summed E-state index contributed by atoms with van der Waals surface area (Å²) in [4.78, 5) is 14.5. The van der Waals surface area contributed by atoms with Crippen LogP contribution in [-0.2, 0) is 4.79 Å². The van der Waals surface area contributed by atoms with Gasteiger partial charge in [0.25, 0.3) is 0 Å². The molecule has 1 amide bonds. The third-order valence-electron chi connectivity index (χ3n) is 4.13. The minimum Gasteiger partial charge on any atom is -0.393 e. The Bertz CT molecular complexity index is 305. The molecule has 90 valence electrons. The topological polar surface area (TPSA) is 46.3 Å². The van der Waals surface area contributed by atoms with E-state index in [9.17, 15) is 4.79 Å². The molecule has 0 aromatic carbocycles. The van der Waals surface area contributed by atoms with Crippen LogP contribution in [0.4, 0.5) is 0 Å². The van der Waals surface area contributed by atoms with Gasteiger partial charge in [0, 0.05) is 25.9 Å². The highest BCUT2D eigenvalue weighted by Gasteiger charge is 2.43. The highest BCUT2D eigenvalue weighted by Crippen LogP contribution is 2.48. The molecule has 0 aromatic rings. The van der Waals surface area contributed by atoms with Crippen LogP contribution in [0.15, 0.2) is 0 Å². The number of nitrogens with two attached hydrogens (primary N) is 1. The first-order valence-electron chi connectivity index (χ1n) is 6.11. The van der Waals surface area contributed by atoms with Crippen LogP contribution >= 0.6 is 12.2 Å². The van der Waals surface area contributed by atoms with Crippen molar-refractivity contribution in [3.63, 3.8) is 0 Å². The van der Waals surface area contributed by atoms with Crippen molar-refractivity contribution < 1.29 is 4.79 Å². The van der Waals surface area contributed by atoms with Crippen molar-refractivity contribution in [2.75, 3.05) is 13.6 Å². The number of hydrogen-bond donors (Lipinski definition) is 1. The molecular weight excluding hydrogens is 220 g/mol. The molecule has 3 unspecified atom stereocenters. The second-order valence-electron chi connectivity index (χ2n) is 5.26. The summed E-state index contributed by atoms with van der Waals surface area (Å²) in [6.07, 6.45) is 5.62. The third kappa shape index (κ3) is 2.37. The number of amides is 1. The number of carbonyl (C=O) groups excluding carboxylic acids is 1. The normalized spacial score (nSPS) is 31.7. The van der Waals surface area contributed by atoms with Gasteiger partial charge in [-0.05, 0) is 31.1 Å². The van der Waals surface area contributed by atoms with E-state index in [-0.39, 0.29) is 5.92 Å². The SMILES string of the molecule is CN(CCC(N)=S)C(=O)C1CC2CCC1C2. The Morgan fingerprint density at radius 2 is 2.19 bits per heavy atom. The highest BCUT2D eigenvalue weighted by molar-refractivity contribution is 7.80. The van der Waals surface area contributed by atoms with Crippen LogP contribution in [0.25, 0.3) is 0 Å². The molecule has 2 rings (SSSR count). The maximum Gasteiger partial charge on any atom is 0.225 e. The standard InChI is InChI=1S/C12H20N2OS/c1-14(5-4-11(13)16)12(15)10-7-8-2-3-9(10)6-8/h8-10H,2-7H2,1H3,(H2,13,16). The molecule has 2 aliphatic carbocycles. The number of nitrogens with zero attached hydrogens (tertiary/aromatic N) is 1. The molecular formula is C12H20N2OS. The Kier molecular flexibility index (Phi) is 3.47. The van der Waals surface area contributed by atoms with Gasteiger partial charge < -0.3 is 10.6 Å². The lowest BCUT2D eigenvalue weighted by atomic mass is 9.88. The largest absolute Gasteiger partial charge is 0.393 e. The first-order chi connectivity index (χ1) is 7.58. The van der Waals surface area contributed by atoms with Crippen molar-refractivity contribution >= 4 is 23.1 Å². The number of carbonyl (C=O) groups is 1. The highest BCUT2D eigenvalue weighted by atomic mass is 32.1. The third-order valence-corrected chi connectivity index (χ3v) is 4.33. The fourth-order valence-electron chi connectivity index (χ4n) is 3.22. The van der Waals surface area contributed by atoms with E-state index in [0.29, 0.717) is 29.8 Å². The summed E-state index contributed by atoms with van der Waals surface area (Å²) >= 11 is 4.83. The Morgan fingerprint density at radius 1 is 1.44 bits per heavy atom. The Labute approximate surface area is 102 Å². The van der Waals surface area contributed by atoms with Crippen molar-refractivity contribution in [2.24, 2.45) is 23.5 Å². The lowest BCUT2D eigenvalue weighted by Gasteiger charge is -2.26. The van der Waals surface area contributed by atoms with E-state index in [0.717, 1.165) is 12.3 Å². The number of fused-ring (bicyclic) bond motifs is 2. The van der Waals surface area contributed by atoms with Gasteiger partial charge in [0.05, 0.1) is 4.99 Å². The van der Waals surface area contributed by atoms with Crippen LogP contribution in [0.5, 0.6) is 0 Å². The summed E-state index contributed by atoms with van der Waals surface area (Å²) in [6, 6.07) is 0. The fourth-order valence-corrected chi connectivity index (χ4v) is 3.31. The van der Waals surface area contributed by atoms with E-state index in [1.807, 2.05) is 11.9 Å². The predicted molar refractivity (Wildman–Crippen MR) is 68.0 cm³/mol.